The van der Waals surface area contributed by atoms with Crippen molar-refractivity contribution in [1.82, 2.24) is 9.97 Å². The van der Waals surface area contributed by atoms with Crippen molar-refractivity contribution >= 4 is 26.8 Å². The molecule has 7 heteroatoms. The van der Waals surface area contributed by atoms with E-state index in [0.29, 0.717) is 46.4 Å². The topological polar surface area (TPSA) is 75.5 Å². The standard InChI is InChI=1S/C21H20BrFN2O3/c22-13-2-4-15(17(23)8-13)21-16-5-3-14(9-18(16)24-11-25-21)28-10-12-1-6-19(26)20(27)7-12/h2-5,8-9,11-12,19-20,26-27H,1,6-7,10H2. The summed E-state index contributed by atoms with van der Waals surface area (Å²) in [5.41, 5.74) is 1.62. The van der Waals surface area contributed by atoms with E-state index in [0.717, 1.165) is 11.8 Å². The number of hydrogen-bond donors (Lipinski definition) is 2. The minimum absolute atomic E-state index is 0.201. The molecule has 3 atom stereocenters. The molecular formula is C21H20BrFN2O3. The molecule has 2 aromatic carbocycles. The van der Waals surface area contributed by atoms with Gasteiger partial charge in [-0.05, 0) is 55.5 Å². The highest BCUT2D eigenvalue weighted by Gasteiger charge is 2.27. The van der Waals surface area contributed by atoms with Crippen LogP contribution in [-0.2, 0) is 0 Å². The average molecular weight is 447 g/mol. The first-order chi connectivity index (χ1) is 13.5. The lowest BCUT2D eigenvalue weighted by Crippen LogP contribution is -2.35. The van der Waals surface area contributed by atoms with Crippen LogP contribution in [0.25, 0.3) is 22.2 Å². The Balaban J connectivity index is 1.55. The molecule has 3 aromatic rings. The molecular weight excluding hydrogens is 427 g/mol. The first-order valence-electron chi connectivity index (χ1n) is 9.20. The first kappa shape index (κ1) is 19.2. The van der Waals surface area contributed by atoms with E-state index >= 15 is 0 Å². The zero-order valence-corrected chi connectivity index (χ0v) is 16.6. The van der Waals surface area contributed by atoms with Gasteiger partial charge in [0.2, 0.25) is 0 Å². The van der Waals surface area contributed by atoms with E-state index in [9.17, 15) is 14.6 Å². The Morgan fingerprint density at radius 2 is 1.93 bits per heavy atom. The van der Waals surface area contributed by atoms with Crippen LogP contribution in [0.4, 0.5) is 4.39 Å². The fourth-order valence-electron chi connectivity index (χ4n) is 3.60. The van der Waals surface area contributed by atoms with Crippen LogP contribution in [0.5, 0.6) is 5.75 Å². The second kappa shape index (κ2) is 8.11. The number of aliphatic hydroxyl groups excluding tert-OH is 2. The molecule has 2 N–H and O–H groups in total. The minimum Gasteiger partial charge on any atom is -0.493 e. The van der Waals surface area contributed by atoms with E-state index in [2.05, 4.69) is 25.9 Å². The van der Waals surface area contributed by atoms with Crippen molar-refractivity contribution in [3.63, 3.8) is 0 Å². The summed E-state index contributed by atoms with van der Waals surface area (Å²) in [6.07, 6.45) is 2.04. The molecule has 0 radical (unpaired) electrons. The van der Waals surface area contributed by atoms with Crippen LogP contribution in [0.1, 0.15) is 19.3 Å². The summed E-state index contributed by atoms with van der Waals surface area (Å²) in [4.78, 5) is 8.57. The lowest BCUT2D eigenvalue weighted by atomic mass is 9.86. The maximum absolute atomic E-state index is 14.4. The van der Waals surface area contributed by atoms with Gasteiger partial charge in [-0.15, -0.1) is 0 Å². The number of benzene rings is 2. The summed E-state index contributed by atoms with van der Waals surface area (Å²) in [5, 5.41) is 20.2. The Morgan fingerprint density at radius 1 is 1.07 bits per heavy atom. The van der Waals surface area contributed by atoms with Crippen LogP contribution in [0.3, 0.4) is 0 Å². The fraction of sp³-hybridized carbons (Fsp3) is 0.333. The van der Waals surface area contributed by atoms with E-state index < -0.39 is 12.2 Å². The number of fused-ring (bicyclic) bond motifs is 1. The summed E-state index contributed by atoms with van der Waals surface area (Å²) in [6, 6.07) is 10.3. The number of hydrogen-bond acceptors (Lipinski definition) is 5. The maximum atomic E-state index is 14.4. The zero-order chi connectivity index (χ0) is 19.7. The molecule has 5 nitrogen and oxygen atoms in total. The van der Waals surface area contributed by atoms with E-state index in [-0.39, 0.29) is 11.7 Å². The van der Waals surface area contributed by atoms with Gasteiger partial charge in [-0.2, -0.15) is 0 Å². The van der Waals surface area contributed by atoms with Crippen molar-refractivity contribution < 1.29 is 19.3 Å². The molecule has 1 heterocycles. The monoisotopic (exact) mass is 446 g/mol. The summed E-state index contributed by atoms with van der Waals surface area (Å²) < 4.78 is 20.9. The molecule has 0 amide bonds. The van der Waals surface area contributed by atoms with Gasteiger partial charge in [0.25, 0.3) is 0 Å². The van der Waals surface area contributed by atoms with E-state index in [1.54, 1.807) is 12.1 Å². The molecule has 3 unspecified atom stereocenters. The third-order valence-corrected chi connectivity index (χ3v) is 5.66. The van der Waals surface area contributed by atoms with Crippen molar-refractivity contribution in [2.24, 2.45) is 5.92 Å². The number of aromatic nitrogens is 2. The van der Waals surface area contributed by atoms with Crippen LogP contribution >= 0.6 is 15.9 Å². The van der Waals surface area contributed by atoms with Crippen molar-refractivity contribution in [2.45, 2.75) is 31.5 Å². The average Bonchev–Trinajstić information content (AvgIpc) is 2.68. The number of rotatable bonds is 4. The van der Waals surface area contributed by atoms with Gasteiger partial charge >= 0.3 is 0 Å². The van der Waals surface area contributed by atoms with Gasteiger partial charge in [0.05, 0.1) is 30.0 Å². The number of halogens is 2. The molecule has 0 bridgehead atoms. The van der Waals surface area contributed by atoms with Crippen LogP contribution in [-0.4, -0.2) is 39.0 Å². The van der Waals surface area contributed by atoms with Gasteiger partial charge in [0.15, 0.2) is 0 Å². The van der Waals surface area contributed by atoms with Crippen LogP contribution in [0.15, 0.2) is 47.2 Å². The molecule has 1 aliphatic carbocycles. The number of ether oxygens (including phenoxy) is 1. The number of aliphatic hydroxyl groups is 2. The van der Waals surface area contributed by atoms with E-state index in [1.165, 1.54) is 12.4 Å². The fourth-order valence-corrected chi connectivity index (χ4v) is 3.94. The molecule has 0 saturated heterocycles. The normalized spacial score (nSPS) is 22.4. The smallest absolute Gasteiger partial charge is 0.133 e. The van der Waals surface area contributed by atoms with E-state index in [4.69, 9.17) is 4.74 Å². The molecule has 4 rings (SSSR count). The lowest BCUT2D eigenvalue weighted by Gasteiger charge is -2.29. The van der Waals surface area contributed by atoms with Gasteiger partial charge in [-0.25, -0.2) is 14.4 Å². The molecule has 28 heavy (non-hydrogen) atoms. The molecule has 1 aromatic heterocycles. The quantitative estimate of drug-likeness (QED) is 0.630. The zero-order valence-electron chi connectivity index (χ0n) is 15.1. The molecule has 1 fully saturated rings. The van der Waals surface area contributed by atoms with Crippen LogP contribution < -0.4 is 4.74 Å². The molecule has 1 saturated carbocycles. The Labute approximate surface area is 170 Å². The van der Waals surface area contributed by atoms with E-state index in [1.807, 2.05) is 18.2 Å². The molecule has 146 valence electrons. The third kappa shape index (κ3) is 4.01. The van der Waals surface area contributed by atoms with Crippen molar-refractivity contribution in [2.75, 3.05) is 6.61 Å². The molecule has 0 spiro atoms. The second-order valence-corrected chi connectivity index (χ2v) is 8.07. The van der Waals surface area contributed by atoms with Crippen LogP contribution in [0.2, 0.25) is 0 Å². The maximum Gasteiger partial charge on any atom is 0.133 e. The Morgan fingerprint density at radius 3 is 2.71 bits per heavy atom. The highest BCUT2D eigenvalue weighted by Crippen LogP contribution is 2.31. The largest absolute Gasteiger partial charge is 0.493 e. The first-order valence-corrected chi connectivity index (χ1v) is 9.99. The minimum atomic E-state index is -0.685. The van der Waals surface area contributed by atoms with Crippen LogP contribution in [0, 0.1) is 11.7 Å². The van der Waals surface area contributed by atoms with Gasteiger partial charge in [0.1, 0.15) is 17.9 Å². The SMILES string of the molecule is OC1CCC(COc2ccc3c(-c4ccc(Br)cc4F)ncnc3c2)CC1O. The third-order valence-electron chi connectivity index (χ3n) is 5.17. The van der Waals surface area contributed by atoms with Crippen molar-refractivity contribution in [3.8, 4) is 17.0 Å². The van der Waals surface area contributed by atoms with Gasteiger partial charge < -0.3 is 14.9 Å². The molecule has 1 aliphatic rings. The van der Waals surface area contributed by atoms with Gasteiger partial charge in [-0.3, -0.25) is 0 Å². The number of nitrogens with zero attached hydrogens (tertiary/aromatic N) is 2. The molecule has 0 aliphatic heterocycles. The summed E-state index contributed by atoms with van der Waals surface area (Å²) in [7, 11) is 0. The lowest BCUT2D eigenvalue weighted by molar-refractivity contribution is -0.0316. The van der Waals surface area contributed by atoms with Gasteiger partial charge in [-0.1, -0.05) is 15.9 Å². The van der Waals surface area contributed by atoms with Crippen molar-refractivity contribution in [3.05, 3.63) is 53.0 Å². The summed E-state index contributed by atoms with van der Waals surface area (Å²) in [6.45, 7) is 0.467. The Hall–Kier alpha value is -2.09. The van der Waals surface area contributed by atoms with Crippen molar-refractivity contribution in [1.29, 1.82) is 0 Å². The highest BCUT2D eigenvalue weighted by molar-refractivity contribution is 9.10. The second-order valence-electron chi connectivity index (χ2n) is 7.15. The summed E-state index contributed by atoms with van der Waals surface area (Å²) >= 11 is 3.27. The summed E-state index contributed by atoms with van der Waals surface area (Å²) in [5.74, 6) is 0.508. The predicted octanol–water partition coefficient (Wildman–Crippen LogP) is 4.10. The Bertz CT molecular complexity index is 1000. The van der Waals surface area contributed by atoms with Gasteiger partial charge in [0, 0.05) is 21.5 Å². The Kier molecular flexibility index (Phi) is 5.57. The highest BCUT2D eigenvalue weighted by atomic mass is 79.9. The predicted molar refractivity (Wildman–Crippen MR) is 107 cm³/mol.